The highest BCUT2D eigenvalue weighted by Crippen LogP contribution is 2.13. The molecule has 1 aromatic rings. The first-order chi connectivity index (χ1) is 7.09. The van der Waals surface area contributed by atoms with Crippen LogP contribution in [0.2, 0.25) is 0 Å². The average molecular weight is 207 g/mol. The molecule has 1 aromatic heterocycles. The number of pyridine rings is 1. The second-order valence-corrected chi connectivity index (χ2v) is 4.39. The van der Waals surface area contributed by atoms with Crippen molar-refractivity contribution in [1.82, 2.24) is 4.98 Å². The molecule has 3 heteroatoms. The summed E-state index contributed by atoms with van der Waals surface area (Å²) in [6.07, 6.45) is 4.14. The molecule has 0 amide bonds. The summed E-state index contributed by atoms with van der Waals surface area (Å²) in [6.45, 7) is 7.46. The maximum absolute atomic E-state index is 5.69. The van der Waals surface area contributed by atoms with Gasteiger partial charge in [0, 0.05) is 6.54 Å². The number of hydrogen-bond acceptors (Lipinski definition) is 3. The summed E-state index contributed by atoms with van der Waals surface area (Å²) in [5, 5.41) is 3.30. The van der Waals surface area contributed by atoms with E-state index in [1.165, 1.54) is 12.8 Å². The van der Waals surface area contributed by atoms with Gasteiger partial charge in [-0.15, -0.1) is 0 Å². The van der Waals surface area contributed by atoms with Crippen molar-refractivity contribution >= 4 is 11.5 Å². The van der Waals surface area contributed by atoms with Gasteiger partial charge in [-0.05, 0) is 37.3 Å². The molecule has 3 N–H and O–H groups in total. The van der Waals surface area contributed by atoms with Crippen LogP contribution in [0.4, 0.5) is 11.5 Å². The Morgan fingerprint density at radius 2 is 2.20 bits per heavy atom. The Bertz CT molecular complexity index is 308. The monoisotopic (exact) mass is 207 g/mol. The number of nitrogens with one attached hydrogen (secondary N) is 1. The number of nitrogens with two attached hydrogens (primary N) is 1. The minimum Gasteiger partial charge on any atom is -0.397 e. The minimum absolute atomic E-state index is 0.753. The number of anilines is 2. The van der Waals surface area contributed by atoms with Gasteiger partial charge < -0.3 is 11.1 Å². The largest absolute Gasteiger partial charge is 0.397 e. The molecule has 1 heterocycles. The Kier molecular flexibility index (Phi) is 4.40. The molecule has 3 nitrogen and oxygen atoms in total. The predicted octanol–water partition coefficient (Wildman–Crippen LogP) is 2.82. The van der Waals surface area contributed by atoms with E-state index >= 15 is 0 Å². The molecule has 0 atom stereocenters. The Balaban J connectivity index is 2.35. The smallest absolute Gasteiger partial charge is 0.126 e. The van der Waals surface area contributed by atoms with Gasteiger partial charge >= 0.3 is 0 Å². The third kappa shape index (κ3) is 4.19. The van der Waals surface area contributed by atoms with E-state index in [1.54, 1.807) is 6.20 Å². The fourth-order valence-corrected chi connectivity index (χ4v) is 1.39. The van der Waals surface area contributed by atoms with Gasteiger partial charge in [0.2, 0.25) is 0 Å². The minimum atomic E-state index is 0.753. The summed E-state index contributed by atoms with van der Waals surface area (Å²) < 4.78 is 0. The third-order valence-electron chi connectivity index (χ3n) is 2.42. The molecule has 0 aliphatic heterocycles. The van der Waals surface area contributed by atoms with E-state index in [-0.39, 0.29) is 0 Å². The fourth-order valence-electron chi connectivity index (χ4n) is 1.39. The molecule has 0 unspecified atom stereocenters. The van der Waals surface area contributed by atoms with Gasteiger partial charge in [0.05, 0.1) is 11.9 Å². The van der Waals surface area contributed by atoms with Gasteiger partial charge in [-0.2, -0.15) is 0 Å². The Labute approximate surface area is 92.1 Å². The number of rotatable bonds is 5. The van der Waals surface area contributed by atoms with Gasteiger partial charge in [-0.1, -0.05) is 13.8 Å². The number of hydrogen-bond donors (Lipinski definition) is 2. The van der Waals surface area contributed by atoms with Crippen molar-refractivity contribution in [2.24, 2.45) is 5.92 Å². The molecule has 0 radical (unpaired) electrons. The SMILES string of the molecule is Cc1cc(NCCCC(C)C)ncc1N. The lowest BCUT2D eigenvalue weighted by Gasteiger charge is -2.08. The molecule has 0 spiro atoms. The topological polar surface area (TPSA) is 50.9 Å². The number of aryl methyl sites for hydroxylation is 1. The zero-order chi connectivity index (χ0) is 11.3. The first-order valence-electron chi connectivity index (χ1n) is 5.55. The van der Waals surface area contributed by atoms with E-state index in [9.17, 15) is 0 Å². The molecule has 0 saturated heterocycles. The first kappa shape index (κ1) is 11.8. The van der Waals surface area contributed by atoms with Crippen LogP contribution in [0.15, 0.2) is 12.3 Å². The molecule has 0 bridgehead atoms. The predicted molar refractivity (Wildman–Crippen MR) is 65.9 cm³/mol. The summed E-state index contributed by atoms with van der Waals surface area (Å²) in [4.78, 5) is 4.22. The molecule has 0 saturated carbocycles. The molecule has 84 valence electrons. The first-order valence-corrected chi connectivity index (χ1v) is 5.55. The van der Waals surface area contributed by atoms with Crippen LogP contribution < -0.4 is 11.1 Å². The third-order valence-corrected chi connectivity index (χ3v) is 2.42. The molecule has 0 aliphatic carbocycles. The number of nitrogens with zero attached hydrogens (tertiary/aromatic N) is 1. The Morgan fingerprint density at radius 3 is 2.80 bits per heavy atom. The zero-order valence-corrected chi connectivity index (χ0v) is 9.88. The van der Waals surface area contributed by atoms with Crippen molar-refractivity contribution in [3.8, 4) is 0 Å². The van der Waals surface area contributed by atoms with Gasteiger partial charge in [0.25, 0.3) is 0 Å². The summed E-state index contributed by atoms with van der Waals surface area (Å²) in [5.74, 6) is 1.69. The zero-order valence-electron chi connectivity index (χ0n) is 9.88. The summed E-state index contributed by atoms with van der Waals surface area (Å²) in [6, 6.07) is 1.99. The maximum atomic E-state index is 5.69. The van der Waals surface area contributed by atoms with Gasteiger partial charge in [-0.3, -0.25) is 0 Å². The Hall–Kier alpha value is -1.25. The quantitative estimate of drug-likeness (QED) is 0.730. The van der Waals surface area contributed by atoms with Crippen molar-refractivity contribution in [2.75, 3.05) is 17.6 Å². The van der Waals surface area contributed by atoms with Crippen molar-refractivity contribution in [2.45, 2.75) is 33.6 Å². The molecule has 0 aliphatic rings. The van der Waals surface area contributed by atoms with Crippen LogP contribution in [0.3, 0.4) is 0 Å². The van der Waals surface area contributed by atoms with Gasteiger partial charge in [-0.25, -0.2) is 4.98 Å². The van der Waals surface area contributed by atoms with Gasteiger partial charge in [0.1, 0.15) is 5.82 Å². The van der Waals surface area contributed by atoms with E-state index in [2.05, 4.69) is 24.1 Å². The van der Waals surface area contributed by atoms with Crippen molar-refractivity contribution < 1.29 is 0 Å². The molecular weight excluding hydrogens is 186 g/mol. The highest BCUT2D eigenvalue weighted by Gasteiger charge is 1.98. The summed E-state index contributed by atoms with van der Waals surface area (Å²) >= 11 is 0. The lowest BCUT2D eigenvalue weighted by Crippen LogP contribution is -2.05. The lowest BCUT2D eigenvalue weighted by molar-refractivity contribution is 0.566. The van der Waals surface area contributed by atoms with Crippen LogP contribution in [0, 0.1) is 12.8 Å². The molecule has 1 rings (SSSR count). The highest BCUT2D eigenvalue weighted by atomic mass is 15.0. The van der Waals surface area contributed by atoms with E-state index in [0.29, 0.717) is 0 Å². The van der Waals surface area contributed by atoms with Crippen molar-refractivity contribution in [1.29, 1.82) is 0 Å². The van der Waals surface area contributed by atoms with Crippen LogP contribution in [0.25, 0.3) is 0 Å². The van der Waals surface area contributed by atoms with Crippen molar-refractivity contribution in [3.63, 3.8) is 0 Å². The molecule has 0 fully saturated rings. The van der Waals surface area contributed by atoms with E-state index in [0.717, 1.165) is 29.5 Å². The normalized spacial score (nSPS) is 10.7. The van der Waals surface area contributed by atoms with Gasteiger partial charge in [0.15, 0.2) is 0 Å². The summed E-state index contributed by atoms with van der Waals surface area (Å²) in [7, 11) is 0. The van der Waals surface area contributed by atoms with E-state index in [1.807, 2.05) is 13.0 Å². The number of aromatic nitrogens is 1. The van der Waals surface area contributed by atoms with E-state index in [4.69, 9.17) is 5.73 Å². The summed E-state index contributed by atoms with van der Waals surface area (Å²) in [5.41, 5.74) is 7.53. The average Bonchev–Trinajstić information content (AvgIpc) is 2.18. The standard InChI is InChI=1S/C12H21N3/c1-9(2)5-4-6-14-12-7-10(3)11(13)8-15-12/h7-9H,4-6,13H2,1-3H3,(H,14,15). The number of nitrogen functional groups attached to an aromatic ring is 1. The van der Waals surface area contributed by atoms with Crippen LogP contribution in [0.1, 0.15) is 32.3 Å². The maximum Gasteiger partial charge on any atom is 0.126 e. The molecule has 0 aromatic carbocycles. The molecule has 15 heavy (non-hydrogen) atoms. The Morgan fingerprint density at radius 1 is 1.47 bits per heavy atom. The lowest BCUT2D eigenvalue weighted by atomic mass is 10.1. The van der Waals surface area contributed by atoms with Crippen molar-refractivity contribution in [3.05, 3.63) is 17.8 Å². The second kappa shape index (κ2) is 5.59. The second-order valence-electron chi connectivity index (χ2n) is 4.39. The highest BCUT2D eigenvalue weighted by molar-refractivity contribution is 5.50. The van der Waals surface area contributed by atoms with Crippen LogP contribution in [-0.2, 0) is 0 Å². The van der Waals surface area contributed by atoms with Crippen LogP contribution in [0.5, 0.6) is 0 Å². The van der Waals surface area contributed by atoms with E-state index < -0.39 is 0 Å². The fraction of sp³-hybridized carbons (Fsp3) is 0.583. The van der Waals surface area contributed by atoms with Crippen LogP contribution >= 0.6 is 0 Å². The van der Waals surface area contributed by atoms with Crippen LogP contribution in [-0.4, -0.2) is 11.5 Å². The molecular formula is C12H21N3.